The van der Waals surface area contributed by atoms with Gasteiger partial charge in [-0.1, -0.05) is 29.3 Å². The van der Waals surface area contributed by atoms with E-state index in [1.165, 1.54) is 0 Å². The Kier molecular flexibility index (Phi) is 10.7. The summed E-state index contributed by atoms with van der Waals surface area (Å²) in [6.07, 6.45) is 2.44. The molecular weight excluding hydrogens is 452 g/mol. The maximum absolute atomic E-state index is 12.2. The van der Waals surface area contributed by atoms with E-state index in [1.54, 1.807) is 23.9 Å². The van der Waals surface area contributed by atoms with E-state index in [9.17, 15) is 14.7 Å². The minimum Gasteiger partial charge on any atom is -0.490 e. The molecule has 0 spiro atoms. The van der Waals surface area contributed by atoms with Crippen LogP contribution in [0.5, 0.6) is 11.5 Å². The Balaban J connectivity index is 2.04. The van der Waals surface area contributed by atoms with Crippen molar-refractivity contribution in [1.29, 1.82) is 0 Å². The Hall–Kier alpha value is -2.42. The topological polar surface area (TPSA) is 96.9 Å². The number of hydrogen-bond donors (Lipinski definition) is 3. The summed E-state index contributed by atoms with van der Waals surface area (Å²) < 4.78 is 11.3. The number of hydrogen-bond acceptors (Lipinski definition) is 6. The minimum absolute atomic E-state index is 0.211. The quantitative estimate of drug-likeness (QED) is 0.392. The maximum Gasteiger partial charge on any atom is 0.320 e. The van der Waals surface area contributed by atoms with Crippen molar-refractivity contribution in [2.24, 2.45) is 0 Å². The van der Waals surface area contributed by atoms with Gasteiger partial charge in [-0.25, -0.2) is 0 Å². The maximum atomic E-state index is 12.2. The predicted molar refractivity (Wildman–Crippen MR) is 129 cm³/mol. The van der Waals surface area contributed by atoms with Crippen LogP contribution >= 0.6 is 23.4 Å². The van der Waals surface area contributed by atoms with E-state index in [-0.39, 0.29) is 19.1 Å². The lowest BCUT2D eigenvalue weighted by Gasteiger charge is -2.17. The van der Waals surface area contributed by atoms with Crippen LogP contribution in [0.15, 0.2) is 36.4 Å². The third kappa shape index (κ3) is 8.26. The molecule has 0 saturated heterocycles. The third-order valence-electron chi connectivity index (χ3n) is 4.55. The van der Waals surface area contributed by atoms with Crippen LogP contribution in [0.3, 0.4) is 0 Å². The van der Waals surface area contributed by atoms with Crippen LogP contribution in [0, 0.1) is 6.92 Å². The fourth-order valence-corrected chi connectivity index (χ4v) is 3.54. The highest BCUT2D eigenvalue weighted by Gasteiger charge is 2.18. The SMILES string of the molecule is CCOc1cc(CNC(CCSC)C(=O)O)c(Cl)cc1OCC(=O)Nc1ccc(C)cc1. The molecule has 2 rings (SSSR count). The van der Waals surface area contributed by atoms with Crippen LogP contribution in [0.25, 0.3) is 0 Å². The monoisotopic (exact) mass is 480 g/mol. The van der Waals surface area contributed by atoms with Crippen LogP contribution in [0.1, 0.15) is 24.5 Å². The lowest BCUT2D eigenvalue weighted by molar-refractivity contribution is -0.139. The molecule has 0 heterocycles. The summed E-state index contributed by atoms with van der Waals surface area (Å²) in [6.45, 7) is 4.25. The highest BCUT2D eigenvalue weighted by Crippen LogP contribution is 2.34. The average molecular weight is 481 g/mol. The van der Waals surface area contributed by atoms with Gasteiger partial charge in [-0.05, 0) is 56.0 Å². The molecule has 0 aliphatic rings. The smallest absolute Gasteiger partial charge is 0.320 e. The van der Waals surface area contributed by atoms with Crippen LogP contribution in [0.2, 0.25) is 5.02 Å². The zero-order valence-corrected chi connectivity index (χ0v) is 20.0. The van der Waals surface area contributed by atoms with Gasteiger partial charge in [0.25, 0.3) is 5.91 Å². The summed E-state index contributed by atoms with van der Waals surface area (Å²) >= 11 is 7.99. The molecule has 0 aliphatic carbocycles. The summed E-state index contributed by atoms with van der Waals surface area (Å²) in [5.74, 6) is 0.305. The molecule has 2 aromatic carbocycles. The van der Waals surface area contributed by atoms with Crippen molar-refractivity contribution in [3.63, 3.8) is 0 Å². The number of anilines is 1. The normalized spacial score (nSPS) is 11.6. The highest BCUT2D eigenvalue weighted by atomic mass is 35.5. The van der Waals surface area contributed by atoms with Gasteiger partial charge in [-0.3, -0.25) is 9.59 Å². The fourth-order valence-electron chi connectivity index (χ4n) is 2.85. The Morgan fingerprint density at radius 1 is 1.16 bits per heavy atom. The van der Waals surface area contributed by atoms with Gasteiger partial charge in [0.2, 0.25) is 0 Å². The summed E-state index contributed by atoms with van der Waals surface area (Å²) in [7, 11) is 0. The van der Waals surface area contributed by atoms with E-state index >= 15 is 0 Å². The Labute approximate surface area is 197 Å². The molecule has 1 unspecified atom stereocenters. The first kappa shape index (κ1) is 25.8. The van der Waals surface area contributed by atoms with Crippen molar-refractivity contribution in [1.82, 2.24) is 5.32 Å². The lowest BCUT2D eigenvalue weighted by atomic mass is 10.1. The number of aliphatic carboxylic acids is 1. The van der Waals surface area contributed by atoms with Crippen molar-refractivity contribution in [2.75, 3.05) is 30.5 Å². The summed E-state index contributed by atoms with van der Waals surface area (Å²) in [6, 6.07) is 10.1. The van der Waals surface area contributed by atoms with Gasteiger partial charge in [0, 0.05) is 23.3 Å². The van der Waals surface area contributed by atoms with E-state index in [2.05, 4.69) is 10.6 Å². The molecule has 0 bridgehead atoms. The number of rotatable bonds is 13. The van der Waals surface area contributed by atoms with E-state index in [1.807, 2.05) is 44.4 Å². The Morgan fingerprint density at radius 2 is 1.84 bits per heavy atom. The standard InChI is InChI=1S/C23H29ClN2O5S/c1-4-30-20-11-16(13-25-19(23(28)29)9-10-32-3)18(24)12-21(20)31-14-22(27)26-17-7-5-15(2)6-8-17/h5-8,11-12,19,25H,4,9-10,13-14H2,1-3H3,(H,26,27)(H,28,29). The molecule has 32 heavy (non-hydrogen) atoms. The molecule has 0 saturated carbocycles. The number of carbonyl (C=O) groups is 2. The van der Waals surface area contributed by atoms with E-state index in [4.69, 9.17) is 21.1 Å². The second kappa shape index (κ2) is 13.2. The number of amides is 1. The van der Waals surface area contributed by atoms with Crippen LogP contribution in [0.4, 0.5) is 5.69 Å². The first-order valence-electron chi connectivity index (χ1n) is 10.2. The molecule has 3 N–H and O–H groups in total. The molecule has 9 heteroatoms. The lowest BCUT2D eigenvalue weighted by Crippen LogP contribution is -2.36. The van der Waals surface area contributed by atoms with Gasteiger partial charge in [0.05, 0.1) is 6.61 Å². The molecule has 0 aliphatic heterocycles. The van der Waals surface area contributed by atoms with Gasteiger partial charge in [-0.15, -0.1) is 0 Å². The number of carboxylic acid groups (broad SMARTS) is 1. The number of carbonyl (C=O) groups excluding carboxylic acids is 1. The van der Waals surface area contributed by atoms with Crippen molar-refractivity contribution in [2.45, 2.75) is 32.9 Å². The zero-order valence-electron chi connectivity index (χ0n) is 18.4. The van der Waals surface area contributed by atoms with Gasteiger partial charge in [-0.2, -0.15) is 11.8 Å². The second-order valence-corrected chi connectivity index (χ2v) is 8.47. The number of carboxylic acids is 1. The van der Waals surface area contributed by atoms with Gasteiger partial charge >= 0.3 is 5.97 Å². The molecule has 7 nitrogen and oxygen atoms in total. The first-order chi connectivity index (χ1) is 15.3. The number of ether oxygens (including phenoxy) is 2. The average Bonchev–Trinajstić information content (AvgIpc) is 2.76. The molecular formula is C23H29ClN2O5S. The van der Waals surface area contributed by atoms with Crippen molar-refractivity contribution < 1.29 is 24.2 Å². The van der Waals surface area contributed by atoms with Gasteiger partial charge in [0.1, 0.15) is 6.04 Å². The summed E-state index contributed by atoms with van der Waals surface area (Å²) in [5, 5.41) is 15.6. The number of thioether (sulfide) groups is 1. The van der Waals surface area contributed by atoms with Crippen LogP contribution in [-0.2, 0) is 16.1 Å². The number of halogens is 1. The van der Waals surface area contributed by atoms with Crippen molar-refractivity contribution in [3.8, 4) is 11.5 Å². The minimum atomic E-state index is -0.903. The zero-order chi connectivity index (χ0) is 23.5. The van der Waals surface area contributed by atoms with E-state index in [0.717, 1.165) is 11.3 Å². The molecule has 0 radical (unpaired) electrons. The first-order valence-corrected chi connectivity index (χ1v) is 12.0. The molecule has 1 amide bonds. The molecule has 174 valence electrons. The van der Waals surface area contributed by atoms with Crippen molar-refractivity contribution >= 4 is 40.9 Å². The highest BCUT2D eigenvalue weighted by molar-refractivity contribution is 7.98. The molecule has 0 aromatic heterocycles. The van der Waals surface area contributed by atoms with Crippen molar-refractivity contribution in [3.05, 3.63) is 52.5 Å². The second-order valence-electron chi connectivity index (χ2n) is 7.08. The third-order valence-corrected chi connectivity index (χ3v) is 5.55. The summed E-state index contributed by atoms with van der Waals surface area (Å²) in [5.41, 5.74) is 2.47. The fraction of sp³-hybridized carbons (Fsp3) is 0.391. The predicted octanol–water partition coefficient (Wildman–Crippen LogP) is 4.36. The Morgan fingerprint density at radius 3 is 2.47 bits per heavy atom. The van der Waals surface area contributed by atoms with Gasteiger partial charge in [0.15, 0.2) is 18.1 Å². The van der Waals surface area contributed by atoms with Crippen LogP contribution in [-0.4, -0.2) is 48.2 Å². The van der Waals surface area contributed by atoms with Gasteiger partial charge < -0.3 is 25.2 Å². The number of aryl methyl sites for hydroxylation is 1. The van der Waals surface area contributed by atoms with E-state index < -0.39 is 12.0 Å². The molecule has 2 aromatic rings. The number of benzene rings is 2. The number of nitrogens with one attached hydrogen (secondary N) is 2. The van der Waals surface area contributed by atoms with E-state index in [0.29, 0.717) is 40.8 Å². The van der Waals surface area contributed by atoms with Crippen LogP contribution < -0.4 is 20.1 Å². The molecule has 1 atom stereocenters. The largest absolute Gasteiger partial charge is 0.490 e. The Bertz CT molecular complexity index is 908. The summed E-state index contributed by atoms with van der Waals surface area (Å²) in [4.78, 5) is 23.7. The molecule has 0 fully saturated rings.